The second kappa shape index (κ2) is 4.63. The van der Waals surface area contributed by atoms with Gasteiger partial charge < -0.3 is 4.74 Å². The summed E-state index contributed by atoms with van der Waals surface area (Å²) in [5.41, 5.74) is 1.79. The molecule has 3 nitrogen and oxygen atoms in total. The molecule has 90 valence electrons. The molecular weight excluding hydrogens is 282 g/mol. The number of hydrogen-bond donors (Lipinski definition) is 0. The predicted molar refractivity (Wildman–Crippen MR) is 69.1 cm³/mol. The van der Waals surface area contributed by atoms with E-state index in [4.69, 9.17) is 4.74 Å². The summed E-state index contributed by atoms with van der Waals surface area (Å²) < 4.78 is 6.20. The van der Waals surface area contributed by atoms with E-state index in [1.165, 1.54) is 0 Å². The zero-order valence-electron chi connectivity index (χ0n) is 9.92. The highest BCUT2D eigenvalue weighted by atomic mass is 79.9. The van der Waals surface area contributed by atoms with E-state index in [0.717, 1.165) is 40.6 Å². The van der Waals surface area contributed by atoms with Crippen LogP contribution < -0.4 is 4.74 Å². The van der Waals surface area contributed by atoms with Crippen molar-refractivity contribution in [2.24, 2.45) is 4.99 Å². The van der Waals surface area contributed by atoms with Gasteiger partial charge in [0.15, 0.2) is 0 Å². The smallest absolute Gasteiger partial charge is 0.235 e. The standard InChI is InChI=1S/C13H14BrNO2/c1-9-4-5-10(17-2)12(14)11(9)13(15-8-16)6-3-7-13/h4-5H,3,6-7H2,1-2H3. The summed E-state index contributed by atoms with van der Waals surface area (Å²) in [4.78, 5) is 14.7. The highest BCUT2D eigenvalue weighted by Crippen LogP contribution is 2.50. The van der Waals surface area contributed by atoms with Crippen LogP contribution in [0.15, 0.2) is 21.6 Å². The Morgan fingerprint density at radius 2 is 2.18 bits per heavy atom. The SMILES string of the molecule is COc1ccc(C)c(C2(N=C=O)CCC2)c1Br. The fourth-order valence-electron chi connectivity index (χ4n) is 2.40. The van der Waals surface area contributed by atoms with E-state index in [-0.39, 0.29) is 5.54 Å². The first-order valence-corrected chi connectivity index (χ1v) is 6.36. The third-order valence-corrected chi connectivity index (χ3v) is 4.23. The van der Waals surface area contributed by atoms with Gasteiger partial charge in [-0.2, -0.15) is 4.99 Å². The van der Waals surface area contributed by atoms with Crippen molar-refractivity contribution in [3.63, 3.8) is 0 Å². The molecule has 0 atom stereocenters. The lowest BCUT2D eigenvalue weighted by molar-refractivity contribution is 0.252. The minimum Gasteiger partial charge on any atom is -0.496 e. The topological polar surface area (TPSA) is 38.7 Å². The Morgan fingerprint density at radius 1 is 1.47 bits per heavy atom. The summed E-state index contributed by atoms with van der Waals surface area (Å²) in [7, 11) is 1.63. The number of nitrogens with zero attached hydrogens (tertiary/aromatic N) is 1. The summed E-state index contributed by atoms with van der Waals surface area (Å²) in [6, 6.07) is 3.92. The monoisotopic (exact) mass is 295 g/mol. The summed E-state index contributed by atoms with van der Waals surface area (Å²) >= 11 is 3.56. The number of hydrogen-bond acceptors (Lipinski definition) is 3. The number of rotatable bonds is 3. The van der Waals surface area contributed by atoms with Crippen LogP contribution in [0, 0.1) is 6.92 Å². The molecule has 0 unspecified atom stereocenters. The van der Waals surface area contributed by atoms with Crippen LogP contribution in [0.25, 0.3) is 0 Å². The second-order valence-electron chi connectivity index (χ2n) is 4.36. The molecule has 0 N–H and O–H groups in total. The fraction of sp³-hybridized carbons (Fsp3) is 0.462. The Labute approximate surface area is 109 Å². The molecule has 0 amide bonds. The van der Waals surface area contributed by atoms with Gasteiger partial charge in [-0.15, -0.1) is 0 Å². The Hall–Kier alpha value is -1.12. The number of ether oxygens (including phenoxy) is 1. The van der Waals surface area contributed by atoms with E-state index in [1.807, 2.05) is 19.1 Å². The average molecular weight is 296 g/mol. The van der Waals surface area contributed by atoms with E-state index >= 15 is 0 Å². The van der Waals surface area contributed by atoms with Crippen LogP contribution in [0.5, 0.6) is 5.75 Å². The van der Waals surface area contributed by atoms with Gasteiger partial charge in [0.25, 0.3) is 0 Å². The average Bonchev–Trinajstić information content (AvgIpc) is 2.26. The second-order valence-corrected chi connectivity index (χ2v) is 5.15. The van der Waals surface area contributed by atoms with Crippen molar-refractivity contribution in [3.8, 4) is 5.75 Å². The maximum atomic E-state index is 10.6. The Bertz CT molecular complexity index is 488. The van der Waals surface area contributed by atoms with Crippen LogP contribution in [0.2, 0.25) is 0 Å². The Kier molecular flexibility index (Phi) is 3.36. The fourth-order valence-corrected chi connectivity index (χ4v) is 3.37. The lowest BCUT2D eigenvalue weighted by Gasteiger charge is -2.39. The molecule has 0 saturated heterocycles. The molecule has 1 fully saturated rings. The number of halogens is 1. The number of methoxy groups -OCH3 is 1. The van der Waals surface area contributed by atoms with Gasteiger partial charge in [-0.25, -0.2) is 4.79 Å². The van der Waals surface area contributed by atoms with Gasteiger partial charge >= 0.3 is 0 Å². The van der Waals surface area contributed by atoms with Crippen molar-refractivity contribution in [1.82, 2.24) is 0 Å². The van der Waals surface area contributed by atoms with Gasteiger partial charge in [0.1, 0.15) is 5.75 Å². The van der Waals surface area contributed by atoms with Gasteiger partial charge in [0.05, 0.1) is 17.1 Å². The van der Waals surface area contributed by atoms with Crippen molar-refractivity contribution >= 4 is 22.0 Å². The minimum atomic E-state index is -0.390. The van der Waals surface area contributed by atoms with Gasteiger partial charge in [-0.05, 0) is 53.7 Å². The highest BCUT2D eigenvalue weighted by molar-refractivity contribution is 9.10. The molecule has 4 heteroatoms. The largest absolute Gasteiger partial charge is 0.496 e. The van der Waals surface area contributed by atoms with E-state index in [1.54, 1.807) is 13.2 Å². The van der Waals surface area contributed by atoms with Crippen LogP contribution in [0.4, 0.5) is 0 Å². The van der Waals surface area contributed by atoms with Crippen LogP contribution in [0.3, 0.4) is 0 Å². The van der Waals surface area contributed by atoms with Crippen molar-refractivity contribution < 1.29 is 9.53 Å². The third-order valence-electron chi connectivity index (χ3n) is 3.44. The minimum absolute atomic E-state index is 0.390. The predicted octanol–water partition coefficient (Wildman–Crippen LogP) is 3.48. The quantitative estimate of drug-likeness (QED) is 0.632. The number of aryl methyl sites for hydroxylation is 1. The van der Waals surface area contributed by atoms with Crippen LogP contribution >= 0.6 is 15.9 Å². The lowest BCUT2D eigenvalue weighted by atomic mass is 9.71. The Balaban J connectivity index is 2.61. The number of isocyanates is 1. The molecule has 0 radical (unpaired) electrons. The summed E-state index contributed by atoms with van der Waals surface area (Å²) in [6.07, 6.45) is 4.60. The first kappa shape index (κ1) is 12.3. The summed E-state index contributed by atoms with van der Waals surface area (Å²) in [5, 5.41) is 0. The number of benzene rings is 1. The van der Waals surface area contributed by atoms with E-state index in [9.17, 15) is 4.79 Å². The molecule has 1 aromatic carbocycles. The zero-order valence-corrected chi connectivity index (χ0v) is 11.5. The number of carbonyl (C=O) groups excluding carboxylic acids is 1. The van der Waals surface area contributed by atoms with Crippen LogP contribution in [-0.2, 0) is 10.3 Å². The van der Waals surface area contributed by atoms with Crippen LogP contribution in [-0.4, -0.2) is 13.2 Å². The molecule has 17 heavy (non-hydrogen) atoms. The van der Waals surface area contributed by atoms with Gasteiger partial charge in [0, 0.05) is 5.56 Å². The molecule has 1 aliphatic rings. The summed E-state index contributed by atoms with van der Waals surface area (Å²) in [6.45, 7) is 2.03. The van der Waals surface area contributed by atoms with Gasteiger partial charge in [-0.3, -0.25) is 0 Å². The molecule has 1 aliphatic carbocycles. The number of aliphatic imine (C=N–C) groups is 1. The molecule has 0 bridgehead atoms. The molecule has 0 spiro atoms. The zero-order chi connectivity index (χ0) is 12.5. The maximum absolute atomic E-state index is 10.6. The van der Waals surface area contributed by atoms with Crippen molar-refractivity contribution in [2.45, 2.75) is 31.7 Å². The maximum Gasteiger partial charge on any atom is 0.235 e. The van der Waals surface area contributed by atoms with Crippen molar-refractivity contribution in [2.75, 3.05) is 7.11 Å². The molecule has 0 heterocycles. The summed E-state index contributed by atoms with van der Waals surface area (Å²) in [5.74, 6) is 0.776. The molecular formula is C13H14BrNO2. The molecule has 2 rings (SSSR count). The third kappa shape index (κ3) is 1.92. The van der Waals surface area contributed by atoms with E-state index in [2.05, 4.69) is 20.9 Å². The highest BCUT2D eigenvalue weighted by Gasteiger charge is 2.41. The first-order chi connectivity index (χ1) is 8.14. The van der Waals surface area contributed by atoms with Gasteiger partial charge in [0.2, 0.25) is 6.08 Å². The molecule has 1 aromatic rings. The van der Waals surface area contributed by atoms with Crippen LogP contribution in [0.1, 0.15) is 30.4 Å². The lowest BCUT2D eigenvalue weighted by Crippen LogP contribution is -2.33. The Morgan fingerprint density at radius 3 is 2.65 bits per heavy atom. The van der Waals surface area contributed by atoms with E-state index < -0.39 is 0 Å². The van der Waals surface area contributed by atoms with Gasteiger partial charge in [-0.1, -0.05) is 6.07 Å². The first-order valence-electron chi connectivity index (χ1n) is 5.57. The van der Waals surface area contributed by atoms with Crippen molar-refractivity contribution in [3.05, 3.63) is 27.7 Å². The van der Waals surface area contributed by atoms with Crippen molar-refractivity contribution in [1.29, 1.82) is 0 Å². The molecule has 1 saturated carbocycles. The molecule has 0 aromatic heterocycles. The molecule has 0 aliphatic heterocycles. The normalized spacial score (nSPS) is 16.9. The van der Waals surface area contributed by atoms with E-state index in [0.29, 0.717) is 0 Å².